The van der Waals surface area contributed by atoms with Crippen molar-refractivity contribution in [2.24, 2.45) is 0 Å². The number of hydrogen-bond donors (Lipinski definition) is 0. The number of benzene rings is 1. The maximum atomic E-state index is 11.0. The van der Waals surface area contributed by atoms with Crippen LogP contribution in [0.2, 0.25) is 0 Å². The van der Waals surface area contributed by atoms with Crippen molar-refractivity contribution < 1.29 is 28.5 Å². The molecular weight excluding hydrogens is 400 g/mol. The molecule has 0 radical (unpaired) electrons. The van der Waals surface area contributed by atoms with Gasteiger partial charge in [0.25, 0.3) is 0 Å². The Morgan fingerprint density at radius 1 is 0.742 bits per heavy atom. The first-order valence-corrected chi connectivity index (χ1v) is 9.43. The minimum absolute atomic E-state index is 0.217. The zero-order chi connectivity index (χ0) is 22.2. The molecule has 0 unspecified atom stereocenters. The number of methoxy groups -OCH3 is 2. The minimum Gasteiger partial charge on any atom is -0.480 e. The summed E-state index contributed by atoms with van der Waals surface area (Å²) < 4.78 is 21.8. The fourth-order valence-electron chi connectivity index (χ4n) is 2.89. The third-order valence-electron chi connectivity index (χ3n) is 4.68. The van der Waals surface area contributed by atoms with Gasteiger partial charge in [-0.15, -0.1) is 0 Å². The molecule has 0 amide bonds. The molecule has 0 aliphatic rings. The van der Waals surface area contributed by atoms with Crippen LogP contribution in [0.1, 0.15) is 37.4 Å². The van der Waals surface area contributed by atoms with Crippen molar-refractivity contribution in [1.82, 2.24) is 9.97 Å². The van der Waals surface area contributed by atoms with Gasteiger partial charge < -0.3 is 18.9 Å². The monoisotopic (exact) mass is 422 g/mol. The van der Waals surface area contributed by atoms with Gasteiger partial charge in [0.15, 0.2) is 12.6 Å². The number of hydrogen-bond acceptors (Lipinski definition) is 8. The van der Waals surface area contributed by atoms with E-state index in [-0.39, 0.29) is 25.0 Å². The molecule has 1 aromatic carbocycles. The van der Waals surface area contributed by atoms with Crippen LogP contribution >= 0.6 is 0 Å². The number of rotatable bonds is 10. The third-order valence-corrected chi connectivity index (χ3v) is 4.68. The van der Waals surface area contributed by atoms with Crippen molar-refractivity contribution in [2.75, 3.05) is 14.2 Å². The Balaban J connectivity index is 1.69. The molecule has 3 rings (SSSR count). The number of aromatic nitrogens is 2. The van der Waals surface area contributed by atoms with E-state index in [9.17, 15) is 9.59 Å². The van der Waals surface area contributed by atoms with E-state index in [1.165, 1.54) is 14.2 Å². The molecule has 0 atom stereocenters. The first-order chi connectivity index (χ1) is 15.1. The third kappa shape index (κ3) is 5.16. The van der Waals surface area contributed by atoms with E-state index >= 15 is 0 Å². The van der Waals surface area contributed by atoms with Crippen LogP contribution in [0.25, 0.3) is 0 Å². The summed E-state index contributed by atoms with van der Waals surface area (Å²) in [6.45, 7) is 2.55. The highest BCUT2D eigenvalue weighted by Crippen LogP contribution is 2.23. The Bertz CT molecular complexity index is 1000. The fraction of sp³-hybridized carbons (Fsp3) is 0.217. The maximum Gasteiger partial charge on any atom is 0.227 e. The van der Waals surface area contributed by atoms with Crippen molar-refractivity contribution in [3.8, 4) is 23.5 Å². The smallest absolute Gasteiger partial charge is 0.227 e. The molecule has 0 saturated carbocycles. The molecule has 8 nitrogen and oxygen atoms in total. The van der Waals surface area contributed by atoms with Crippen molar-refractivity contribution in [3.05, 3.63) is 70.3 Å². The van der Waals surface area contributed by atoms with Crippen LogP contribution in [0.3, 0.4) is 0 Å². The molecule has 0 spiro atoms. The van der Waals surface area contributed by atoms with Gasteiger partial charge in [-0.05, 0) is 35.7 Å². The maximum absolute atomic E-state index is 11.0. The Morgan fingerprint density at radius 2 is 1.19 bits per heavy atom. The quantitative estimate of drug-likeness (QED) is 0.457. The summed E-state index contributed by atoms with van der Waals surface area (Å²) in [6, 6.07) is 12.3. The van der Waals surface area contributed by atoms with E-state index in [2.05, 4.69) is 9.97 Å². The first-order valence-electron chi connectivity index (χ1n) is 9.43. The van der Waals surface area contributed by atoms with E-state index < -0.39 is 0 Å². The molecule has 0 aliphatic carbocycles. The summed E-state index contributed by atoms with van der Waals surface area (Å²) in [4.78, 5) is 30.4. The Labute approximate surface area is 179 Å². The van der Waals surface area contributed by atoms with Crippen LogP contribution in [-0.2, 0) is 13.2 Å². The fourth-order valence-corrected chi connectivity index (χ4v) is 2.89. The molecule has 0 fully saturated rings. The van der Waals surface area contributed by atoms with Crippen molar-refractivity contribution in [3.63, 3.8) is 0 Å². The van der Waals surface area contributed by atoms with Crippen LogP contribution in [0, 0.1) is 6.92 Å². The molecule has 0 aliphatic heterocycles. The molecule has 0 saturated heterocycles. The van der Waals surface area contributed by atoms with Gasteiger partial charge in [0.2, 0.25) is 23.5 Å². The normalized spacial score (nSPS) is 10.3. The van der Waals surface area contributed by atoms with E-state index in [0.717, 1.165) is 16.7 Å². The Morgan fingerprint density at radius 3 is 1.58 bits per heavy atom. The molecule has 0 N–H and O–H groups in total. The van der Waals surface area contributed by atoms with E-state index in [0.29, 0.717) is 35.5 Å². The standard InChI is InChI=1S/C23H22N2O6/c1-15-18(13-30-20-9-7-16(11-26)22(24-20)28-2)5-4-6-19(15)14-31-21-10-8-17(12-27)23(25-21)29-3/h4-12H,13-14H2,1-3H3. The molecule has 2 aromatic heterocycles. The predicted molar refractivity (Wildman–Crippen MR) is 112 cm³/mol. The number of aldehydes is 2. The second-order valence-corrected chi connectivity index (χ2v) is 6.51. The van der Waals surface area contributed by atoms with Crippen molar-refractivity contribution in [2.45, 2.75) is 20.1 Å². The summed E-state index contributed by atoms with van der Waals surface area (Å²) in [7, 11) is 2.90. The molecule has 2 heterocycles. The van der Waals surface area contributed by atoms with Gasteiger partial charge in [-0.2, -0.15) is 9.97 Å². The Hall–Kier alpha value is -3.94. The number of ether oxygens (including phenoxy) is 4. The van der Waals surface area contributed by atoms with Crippen LogP contribution in [0.4, 0.5) is 0 Å². The highest BCUT2D eigenvalue weighted by Gasteiger charge is 2.10. The minimum atomic E-state index is 0.217. The highest BCUT2D eigenvalue weighted by molar-refractivity contribution is 5.78. The largest absolute Gasteiger partial charge is 0.480 e. The highest BCUT2D eigenvalue weighted by atomic mass is 16.5. The number of nitrogens with zero attached hydrogens (tertiary/aromatic N) is 2. The Kier molecular flexibility index (Phi) is 7.16. The second-order valence-electron chi connectivity index (χ2n) is 6.51. The van der Waals surface area contributed by atoms with Gasteiger partial charge in [-0.25, -0.2) is 0 Å². The van der Waals surface area contributed by atoms with Crippen LogP contribution in [0.5, 0.6) is 23.5 Å². The van der Waals surface area contributed by atoms with Gasteiger partial charge in [0.05, 0.1) is 25.3 Å². The van der Waals surface area contributed by atoms with Crippen LogP contribution < -0.4 is 18.9 Å². The summed E-state index contributed by atoms with van der Waals surface area (Å²) in [5, 5.41) is 0. The van der Waals surface area contributed by atoms with Gasteiger partial charge in [0, 0.05) is 12.1 Å². The average molecular weight is 422 g/mol. The number of carbonyl (C=O) groups is 2. The molecule has 0 bridgehead atoms. The van der Waals surface area contributed by atoms with Crippen LogP contribution in [-0.4, -0.2) is 36.8 Å². The summed E-state index contributed by atoms with van der Waals surface area (Å²) in [5.41, 5.74) is 3.65. The number of pyridine rings is 2. The van der Waals surface area contributed by atoms with Gasteiger partial charge in [-0.1, -0.05) is 18.2 Å². The number of carbonyl (C=O) groups excluding carboxylic acids is 2. The summed E-state index contributed by atoms with van der Waals surface area (Å²) in [6.07, 6.45) is 1.36. The van der Waals surface area contributed by atoms with Crippen molar-refractivity contribution in [1.29, 1.82) is 0 Å². The van der Waals surface area contributed by atoms with Gasteiger partial charge in [0.1, 0.15) is 13.2 Å². The van der Waals surface area contributed by atoms with Crippen LogP contribution in [0.15, 0.2) is 42.5 Å². The average Bonchev–Trinajstić information content (AvgIpc) is 2.82. The lowest BCUT2D eigenvalue weighted by Gasteiger charge is -2.14. The van der Waals surface area contributed by atoms with E-state index in [1.807, 2.05) is 25.1 Å². The summed E-state index contributed by atoms with van der Waals surface area (Å²) >= 11 is 0. The van der Waals surface area contributed by atoms with E-state index in [1.54, 1.807) is 24.3 Å². The zero-order valence-electron chi connectivity index (χ0n) is 17.5. The molecule has 31 heavy (non-hydrogen) atoms. The summed E-state index contributed by atoms with van der Waals surface area (Å²) in [5.74, 6) is 1.15. The SMILES string of the molecule is COc1nc(OCc2cccc(COc3ccc(C=O)c(OC)n3)c2C)ccc1C=O. The zero-order valence-corrected chi connectivity index (χ0v) is 17.5. The first kappa shape index (κ1) is 21.8. The van der Waals surface area contributed by atoms with Gasteiger partial charge >= 0.3 is 0 Å². The lowest BCUT2D eigenvalue weighted by Crippen LogP contribution is -2.05. The van der Waals surface area contributed by atoms with E-state index in [4.69, 9.17) is 18.9 Å². The second kappa shape index (κ2) is 10.2. The molecule has 8 heteroatoms. The lowest BCUT2D eigenvalue weighted by molar-refractivity contribution is 0.111. The molecule has 160 valence electrons. The lowest BCUT2D eigenvalue weighted by atomic mass is 10.0. The topological polar surface area (TPSA) is 96.8 Å². The van der Waals surface area contributed by atoms with Crippen molar-refractivity contribution >= 4 is 12.6 Å². The molecule has 3 aromatic rings. The van der Waals surface area contributed by atoms with Gasteiger partial charge in [-0.3, -0.25) is 9.59 Å². The molecular formula is C23H22N2O6. The predicted octanol–water partition coefficient (Wildman–Crippen LogP) is 3.59.